The largest absolute Gasteiger partial charge is 0.425 e. The zero-order valence-electron chi connectivity index (χ0n) is 22.9. The number of aliphatic hydroxyl groups is 1. The van der Waals surface area contributed by atoms with Gasteiger partial charge in [-0.1, -0.05) is 57.2 Å². The number of nitrogens with zero attached hydrogens (tertiary/aromatic N) is 5. The van der Waals surface area contributed by atoms with Crippen molar-refractivity contribution in [2.24, 2.45) is 5.92 Å². The van der Waals surface area contributed by atoms with Gasteiger partial charge in [-0.2, -0.15) is 9.97 Å². The van der Waals surface area contributed by atoms with Crippen molar-refractivity contribution in [2.75, 3.05) is 16.8 Å². The third-order valence-corrected chi connectivity index (χ3v) is 7.60. The van der Waals surface area contributed by atoms with Crippen LogP contribution in [-0.2, 0) is 9.53 Å². The van der Waals surface area contributed by atoms with E-state index < -0.39 is 30.1 Å². The third kappa shape index (κ3) is 4.69. The lowest BCUT2D eigenvalue weighted by Gasteiger charge is -2.30. The van der Waals surface area contributed by atoms with E-state index in [1.54, 1.807) is 42.7 Å². The van der Waals surface area contributed by atoms with Crippen molar-refractivity contribution in [2.45, 2.75) is 51.2 Å². The molecule has 2 aromatic heterocycles. The summed E-state index contributed by atoms with van der Waals surface area (Å²) in [6, 6.07) is 17.8. The summed E-state index contributed by atoms with van der Waals surface area (Å²) in [5.41, 5.74) is 0.940. The zero-order valence-corrected chi connectivity index (χ0v) is 22.9. The fraction of sp³-hybridized carbons (Fsp3) is 0.345. The first-order chi connectivity index (χ1) is 19.8. The molecule has 0 saturated carbocycles. The van der Waals surface area contributed by atoms with Gasteiger partial charge < -0.3 is 19.9 Å². The number of aromatic nitrogens is 4. The highest BCUT2D eigenvalue weighted by atomic mass is 16.6. The summed E-state index contributed by atoms with van der Waals surface area (Å²) in [6.45, 7) is 5.99. The van der Waals surface area contributed by atoms with Crippen molar-refractivity contribution in [3.05, 3.63) is 67.0 Å². The van der Waals surface area contributed by atoms with Crippen LogP contribution in [0.3, 0.4) is 0 Å². The van der Waals surface area contributed by atoms with Gasteiger partial charge in [0.1, 0.15) is 11.7 Å². The molecule has 2 amide bonds. The van der Waals surface area contributed by atoms with Crippen molar-refractivity contribution in [3.63, 3.8) is 0 Å². The molecule has 212 valence electrons. The maximum atomic E-state index is 13.7. The Labute approximate surface area is 236 Å². The van der Waals surface area contributed by atoms with Crippen LogP contribution >= 0.6 is 0 Å². The molecule has 2 aliphatic heterocycles. The van der Waals surface area contributed by atoms with Crippen LogP contribution in [0.2, 0.25) is 0 Å². The molecule has 12 heteroatoms. The fourth-order valence-electron chi connectivity index (χ4n) is 5.26. The first-order valence-corrected chi connectivity index (χ1v) is 13.6. The van der Waals surface area contributed by atoms with E-state index in [0.29, 0.717) is 24.3 Å². The molecule has 2 aromatic carbocycles. The highest BCUT2D eigenvalue weighted by molar-refractivity contribution is 5.98. The molecule has 2 fully saturated rings. The molecule has 0 radical (unpaired) electrons. The molecule has 2 saturated heterocycles. The van der Waals surface area contributed by atoms with E-state index >= 15 is 0 Å². The number of rotatable bonds is 7. The quantitative estimate of drug-likeness (QED) is 0.309. The maximum absolute atomic E-state index is 13.7. The predicted octanol–water partition coefficient (Wildman–Crippen LogP) is 3.77. The van der Waals surface area contributed by atoms with Gasteiger partial charge in [0.25, 0.3) is 5.88 Å². The topological polar surface area (TPSA) is 144 Å². The van der Waals surface area contributed by atoms with Crippen LogP contribution in [0, 0.1) is 5.92 Å². The lowest BCUT2D eigenvalue weighted by Crippen LogP contribution is -2.42. The Morgan fingerprint density at radius 3 is 2.39 bits per heavy atom. The van der Waals surface area contributed by atoms with Crippen LogP contribution in [0.15, 0.2) is 67.0 Å². The van der Waals surface area contributed by atoms with E-state index in [0.717, 1.165) is 0 Å². The number of aliphatic hydroxyl groups excluding tert-OH is 1. The van der Waals surface area contributed by atoms with Gasteiger partial charge in [0.2, 0.25) is 11.9 Å². The summed E-state index contributed by atoms with van der Waals surface area (Å²) in [7, 11) is 0. The van der Waals surface area contributed by atoms with Crippen LogP contribution in [0.25, 0.3) is 11.2 Å². The summed E-state index contributed by atoms with van der Waals surface area (Å²) in [6.07, 6.45) is 0.0557. The van der Waals surface area contributed by atoms with Gasteiger partial charge in [-0.25, -0.2) is 14.7 Å². The number of morpholine rings is 1. The molecule has 2 aliphatic rings. The van der Waals surface area contributed by atoms with Gasteiger partial charge in [-0.05, 0) is 30.7 Å². The Bertz CT molecular complexity index is 1540. The van der Waals surface area contributed by atoms with Crippen LogP contribution in [0.1, 0.15) is 33.4 Å². The van der Waals surface area contributed by atoms with Crippen molar-refractivity contribution >= 4 is 40.5 Å². The molecular formula is C29H31N7O5. The highest BCUT2D eigenvalue weighted by Gasteiger charge is 2.59. The van der Waals surface area contributed by atoms with Gasteiger partial charge in [0.05, 0.1) is 23.7 Å². The van der Waals surface area contributed by atoms with Crippen LogP contribution < -0.4 is 20.3 Å². The number of ether oxygens (including phenoxy) is 2. The lowest BCUT2D eigenvalue weighted by atomic mass is 9.96. The van der Waals surface area contributed by atoms with Crippen molar-refractivity contribution in [1.82, 2.24) is 24.8 Å². The molecule has 4 aromatic rings. The first-order valence-electron chi connectivity index (χ1n) is 13.6. The molecule has 0 aliphatic carbocycles. The average Bonchev–Trinajstić information content (AvgIpc) is 3.63. The number of para-hydroxylation sites is 2. The standard InChI is InChI=1S/C29H31N7O5/c1-4-29-15-30-20(22(29)37)26(41-29)35-16-31-21-23(35)32-27(33-24(38)17(2)3)34-25(21)40-28(39)36(18-11-7-5-8-12-18)19-13-9-6-10-14-19/h5-14,16-17,20,22,26,30,37H,4,15H2,1-3H3,(H,32,33,34,38)/t20-,22+,26-,29+/m1/s1. The summed E-state index contributed by atoms with van der Waals surface area (Å²) in [5.74, 6) is -0.819. The smallest absolute Gasteiger partial charge is 0.388 e. The van der Waals surface area contributed by atoms with Crippen LogP contribution in [0.4, 0.5) is 22.1 Å². The van der Waals surface area contributed by atoms with Gasteiger partial charge in [0, 0.05) is 12.5 Å². The highest BCUT2D eigenvalue weighted by Crippen LogP contribution is 2.44. The number of hydrogen-bond donors (Lipinski definition) is 3. The molecule has 2 bridgehead atoms. The van der Waals surface area contributed by atoms with E-state index in [2.05, 4.69) is 25.6 Å². The normalized spacial score (nSPS) is 23.2. The molecule has 12 nitrogen and oxygen atoms in total. The summed E-state index contributed by atoms with van der Waals surface area (Å²) in [5, 5.41) is 16.9. The van der Waals surface area contributed by atoms with Crippen LogP contribution in [0.5, 0.6) is 5.88 Å². The minimum Gasteiger partial charge on any atom is -0.388 e. The monoisotopic (exact) mass is 557 g/mol. The summed E-state index contributed by atoms with van der Waals surface area (Å²) < 4.78 is 13.9. The second kappa shape index (κ2) is 10.5. The molecule has 0 spiro atoms. The van der Waals surface area contributed by atoms with Crippen molar-refractivity contribution in [1.29, 1.82) is 0 Å². The number of amides is 2. The van der Waals surface area contributed by atoms with Crippen molar-refractivity contribution < 1.29 is 24.2 Å². The summed E-state index contributed by atoms with van der Waals surface area (Å²) in [4.78, 5) is 41.1. The number of fused-ring (bicyclic) bond motifs is 3. The third-order valence-electron chi connectivity index (χ3n) is 7.60. The van der Waals surface area contributed by atoms with E-state index in [4.69, 9.17) is 9.47 Å². The number of hydrogen-bond acceptors (Lipinski definition) is 9. The second-order valence-corrected chi connectivity index (χ2v) is 10.5. The number of carbonyl (C=O) groups excluding carboxylic acids is 2. The fourth-order valence-corrected chi connectivity index (χ4v) is 5.26. The molecule has 0 unspecified atom stereocenters. The SMILES string of the molecule is CC[C@@]12CN[C@@H]([C@H](n3cnc4c(OC(=O)N(c5ccccc5)c5ccccc5)nc(NC(=O)C(C)C)nc43)O1)[C@@H]2O. The van der Waals surface area contributed by atoms with Crippen molar-refractivity contribution in [3.8, 4) is 5.88 Å². The Kier molecular flexibility index (Phi) is 6.89. The van der Waals surface area contributed by atoms with Gasteiger partial charge in [0.15, 0.2) is 17.4 Å². The van der Waals surface area contributed by atoms with Crippen LogP contribution in [-0.4, -0.2) is 60.9 Å². The minimum absolute atomic E-state index is 0.0476. The van der Waals surface area contributed by atoms with E-state index in [1.807, 2.05) is 43.3 Å². The minimum atomic E-state index is -0.727. The van der Waals surface area contributed by atoms with E-state index in [9.17, 15) is 14.7 Å². The number of carbonyl (C=O) groups is 2. The second-order valence-electron chi connectivity index (χ2n) is 10.5. The Morgan fingerprint density at radius 2 is 1.80 bits per heavy atom. The van der Waals surface area contributed by atoms with Gasteiger partial charge in [-0.15, -0.1) is 0 Å². The Balaban J connectivity index is 1.41. The molecule has 6 rings (SSSR count). The average molecular weight is 558 g/mol. The molecule has 4 heterocycles. The number of imidazole rings is 1. The first kappa shape index (κ1) is 26.8. The lowest BCUT2D eigenvalue weighted by molar-refractivity contribution is -0.118. The molecule has 4 atom stereocenters. The van der Waals surface area contributed by atoms with E-state index in [1.165, 1.54) is 11.2 Å². The number of benzene rings is 2. The Morgan fingerprint density at radius 1 is 1.15 bits per heavy atom. The van der Waals surface area contributed by atoms with Gasteiger partial charge in [-0.3, -0.25) is 14.7 Å². The Hall–Kier alpha value is -4.39. The summed E-state index contributed by atoms with van der Waals surface area (Å²) >= 11 is 0. The van der Waals surface area contributed by atoms with E-state index in [-0.39, 0.29) is 34.8 Å². The predicted molar refractivity (Wildman–Crippen MR) is 151 cm³/mol. The van der Waals surface area contributed by atoms with Gasteiger partial charge >= 0.3 is 6.09 Å². The zero-order chi connectivity index (χ0) is 28.7. The molecule has 3 N–H and O–H groups in total. The molecular weight excluding hydrogens is 526 g/mol. The number of anilines is 3. The maximum Gasteiger partial charge on any atom is 0.425 e. The molecule has 41 heavy (non-hydrogen) atoms. The number of nitrogens with one attached hydrogen (secondary N) is 2.